The van der Waals surface area contributed by atoms with Crippen molar-refractivity contribution in [3.63, 3.8) is 0 Å². The Morgan fingerprint density at radius 1 is 1.64 bits per heavy atom. The monoisotopic (exact) mass is 148 g/mol. The molecule has 0 saturated carbocycles. The topological polar surface area (TPSA) is 20.3 Å². The van der Waals surface area contributed by atoms with Crippen LogP contribution in [0.4, 0.5) is 11.4 Å². The van der Waals surface area contributed by atoms with Gasteiger partial charge in [0.2, 0.25) is 5.69 Å². The standard InChI is InChI=1S/C8H10N3/c1-10-5-7-8(6-10)11(2)4-3-9-7/h3,5-6H,2,4H2,1H3/q+1. The lowest BCUT2D eigenvalue weighted by Crippen LogP contribution is -2.07. The van der Waals surface area contributed by atoms with Crippen LogP contribution in [0.5, 0.6) is 0 Å². The number of nitrogens with zero attached hydrogens (tertiary/aromatic N) is 3. The third-order valence-electron chi connectivity index (χ3n) is 1.79. The van der Waals surface area contributed by atoms with Crippen LogP contribution in [-0.2, 0) is 7.05 Å². The maximum absolute atomic E-state index is 4.24. The maximum Gasteiger partial charge on any atom is 0.248 e. The number of fused-ring (bicyclic) bond motifs is 1. The molecular weight excluding hydrogens is 138 g/mol. The molecule has 0 N–H and O–H groups in total. The molecule has 0 bridgehead atoms. The molecule has 0 atom stereocenters. The Kier molecular flexibility index (Phi) is 1.18. The predicted molar refractivity (Wildman–Crippen MR) is 45.5 cm³/mol. The average Bonchev–Trinajstić information content (AvgIpc) is 2.31. The van der Waals surface area contributed by atoms with Gasteiger partial charge in [-0.15, -0.1) is 0 Å². The van der Waals surface area contributed by atoms with Crippen molar-refractivity contribution in [2.45, 2.75) is 0 Å². The van der Waals surface area contributed by atoms with Gasteiger partial charge >= 0.3 is 0 Å². The highest BCUT2D eigenvalue weighted by Crippen LogP contribution is 2.29. The minimum absolute atomic E-state index is 0.803. The molecule has 2 rings (SSSR count). The van der Waals surface area contributed by atoms with Crippen LogP contribution in [0.25, 0.3) is 0 Å². The lowest BCUT2D eigenvalue weighted by atomic mass is 10.4. The van der Waals surface area contributed by atoms with Crippen molar-refractivity contribution in [1.82, 2.24) is 4.57 Å². The van der Waals surface area contributed by atoms with Crippen molar-refractivity contribution in [2.75, 3.05) is 6.54 Å². The number of hydrogen-bond acceptors (Lipinski definition) is 1. The molecule has 11 heavy (non-hydrogen) atoms. The van der Waals surface area contributed by atoms with Gasteiger partial charge in [-0.05, 0) is 0 Å². The Hall–Kier alpha value is -1.38. The summed E-state index contributed by atoms with van der Waals surface area (Å²) >= 11 is 0. The molecule has 1 aromatic rings. The summed E-state index contributed by atoms with van der Waals surface area (Å²) in [4.78, 5) is 4.24. The van der Waals surface area contributed by atoms with Gasteiger partial charge in [-0.1, -0.05) is 0 Å². The van der Waals surface area contributed by atoms with Crippen LogP contribution >= 0.6 is 0 Å². The van der Waals surface area contributed by atoms with E-state index in [0.29, 0.717) is 0 Å². The Bertz CT molecular complexity index is 333. The first-order valence-electron chi connectivity index (χ1n) is 3.54. The van der Waals surface area contributed by atoms with Crippen LogP contribution in [0.15, 0.2) is 17.4 Å². The van der Waals surface area contributed by atoms with Crippen molar-refractivity contribution < 1.29 is 4.58 Å². The summed E-state index contributed by atoms with van der Waals surface area (Å²) in [6.45, 7) is 4.68. The molecular formula is C8H10N3+. The van der Waals surface area contributed by atoms with Crippen LogP contribution in [0.3, 0.4) is 0 Å². The Morgan fingerprint density at radius 2 is 2.45 bits per heavy atom. The summed E-state index contributed by atoms with van der Waals surface area (Å²) in [6, 6.07) is 0. The van der Waals surface area contributed by atoms with Crippen LogP contribution < -0.4 is 0 Å². The Labute approximate surface area is 65.3 Å². The fourth-order valence-electron chi connectivity index (χ4n) is 1.23. The maximum atomic E-state index is 4.24. The predicted octanol–water partition coefficient (Wildman–Crippen LogP) is 1.09. The summed E-state index contributed by atoms with van der Waals surface area (Å²) in [5.74, 6) is 0. The van der Waals surface area contributed by atoms with E-state index >= 15 is 0 Å². The molecule has 1 aliphatic rings. The fraction of sp³-hybridized carbons (Fsp3) is 0.250. The molecule has 56 valence electrons. The zero-order chi connectivity index (χ0) is 7.84. The second-order valence-electron chi connectivity index (χ2n) is 2.73. The van der Waals surface area contributed by atoms with E-state index in [9.17, 15) is 0 Å². The lowest BCUT2D eigenvalue weighted by molar-refractivity contribution is -0.412. The van der Waals surface area contributed by atoms with Gasteiger partial charge in [-0.25, -0.2) is 4.99 Å². The van der Waals surface area contributed by atoms with E-state index < -0.39 is 0 Å². The normalized spacial score (nSPS) is 15.2. The van der Waals surface area contributed by atoms with Crippen LogP contribution in [-0.4, -0.2) is 28.6 Å². The van der Waals surface area contributed by atoms with Gasteiger partial charge in [0.25, 0.3) is 0 Å². The van der Waals surface area contributed by atoms with Gasteiger partial charge in [0.05, 0.1) is 12.4 Å². The summed E-state index contributed by atoms with van der Waals surface area (Å²) in [5.41, 5.74) is 2.11. The third kappa shape index (κ3) is 0.888. The molecule has 3 nitrogen and oxygen atoms in total. The highest BCUT2D eigenvalue weighted by atomic mass is 15.1. The van der Waals surface area contributed by atoms with Gasteiger partial charge < -0.3 is 4.57 Å². The molecule has 2 heterocycles. The fourth-order valence-corrected chi connectivity index (χ4v) is 1.23. The van der Waals surface area contributed by atoms with Crippen molar-refractivity contribution in [3.05, 3.63) is 12.4 Å². The molecule has 0 spiro atoms. The zero-order valence-electron chi connectivity index (χ0n) is 6.49. The van der Waals surface area contributed by atoms with Crippen LogP contribution in [0, 0.1) is 0 Å². The second kappa shape index (κ2) is 2.05. The molecule has 1 aliphatic heterocycles. The van der Waals surface area contributed by atoms with Gasteiger partial charge in [-0.3, -0.25) is 0 Å². The van der Waals surface area contributed by atoms with Crippen molar-refractivity contribution in [1.29, 1.82) is 0 Å². The summed E-state index contributed by atoms with van der Waals surface area (Å²) in [5, 5.41) is 0. The first-order valence-corrected chi connectivity index (χ1v) is 3.54. The highest BCUT2D eigenvalue weighted by molar-refractivity contribution is 5.72. The molecule has 3 heteroatoms. The Balaban J connectivity index is 2.62. The van der Waals surface area contributed by atoms with Crippen molar-refractivity contribution in [3.8, 4) is 0 Å². The van der Waals surface area contributed by atoms with E-state index in [2.05, 4.69) is 11.7 Å². The van der Waals surface area contributed by atoms with Crippen LogP contribution in [0.2, 0.25) is 0 Å². The molecule has 0 unspecified atom stereocenters. The van der Waals surface area contributed by atoms with Crippen LogP contribution in [0.1, 0.15) is 0 Å². The first kappa shape index (κ1) is 6.34. The molecule has 0 aliphatic carbocycles. The largest absolute Gasteiger partial charge is 0.349 e. The molecule has 1 aromatic heterocycles. The number of aryl methyl sites for hydroxylation is 1. The van der Waals surface area contributed by atoms with E-state index in [1.807, 2.05) is 34.8 Å². The number of aliphatic imine (C=N–C) groups is 1. The van der Waals surface area contributed by atoms with E-state index in [0.717, 1.165) is 17.9 Å². The first-order chi connectivity index (χ1) is 5.27. The molecule has 0 aromatic carbocycles. The molecule has 0 fully saturated rings. The van der Waals surface area contributed by atoms with Gasteiger partial charge in [0, 0.05) is 13.2 Å². The molecule has 0 radical (unpaired) electrons. The summed E-state index contributed by atoms with van der Waals surface area (Å²) in [7, 11) is 1.99. The van der Waals surface area contributed by atoms with E-state index in [-0.39, 0.29) is 0 Å². The highest BCUT2D eigenvalue weighted by Gasteiger charge is 2.17. The average molecular weight is 148 g/mol. The van der Waals surface area contributed by atoms with Gasteiger partial charge in [0.15, 0.2) is 12.2 Å². The van der Waals surface area contributed by atoms with Crippen molar-refractivity contribution >= 4 is 24.3 Å². The smallest absolute Gasteiger partial charge is 0.248 e. The van der Waals surface area contributed by atoms with Gasteiger partial charge in [0.1, 0.15) is 6.72 Å². The van der Waals surface area contributed by atoms with E-state index in [4.69, 9.17) is 0 Å². The van der Waals surface area contributed by atoms with E-state index in [1.54, 1.807) is 0 Å². The summed E-state index contributed by atoms with van der Waals surface area (Å²) in [6.07, 6.45) is 5.89. The second-order valence-corrected chi connectivity index (χ2v) is 2.73. The van der Waals surface area contributed by atoms with E-state index in [1.165, 1.54) is 0 Å². The zero-order valence-corrected chi connectivity index (χ0v) is 6.49. The minimum atomic E-state index is 0.803. The lowest BCUT2D eigenvalue weighted by Gasteiger charge is -1.99. The minimum Gasteiger partial charge on any atom is -0.349 e. The SMILES string of the molecule is C=[N+]1CC=Nc2cn(C)cc21. The number of hydrogen-bond donors (Lipinski definition) is 0. The van der Waals surface area contributed by atoms with Gasteiger partial charge in [-0.2, -0.15) is 4.58 Å². The number of rotatable bonds is 0. The third-order valence-corrected chi connectivity index (χ3v) is 1.79. The Morgan fingerprint density at radius 3 is 3.18 bits per heavy atom. The molecule has 0 saturated heterocycles. The van der Waals surface area contributed by atoms with Crippen molar-refractivity contribution in [2.24, 2.45) is 12.0 Å². The number of aromatic nitrogens is 1. The molecule has 0 amide bonds. The summed E-state index contributed by atoms with van der Waals surface area (Å²) < 4.78 is 3.92. The quantitative estimate of drug-likeness (QED) is 0.491.